The fourth-order valence-corrected chi connectivity index (χ4v) is 1.18. The number of hydrogen-bond acceptors (Lipinski definition) is 4. The van der Waals surface area contributed by atoms with Gasteiger partial charge in [0.25, 0.3) is 0 Å². The summed E-state index contributed by atoms with van der Waals surface area (Å²) in [6.45, 7) is 3.45. The van der Waals surface area contributed by atoms with Crippen molar-refractivity contribution in [3.8, 4) is 11.8 Å². The number of benzene rings is 1. The maximum atomic E-state index is 11.1. The topological polar surface area (TPSA) is 69.4 Å². The van der Waals surface area contributed by atoms with Gasteiger partial charge >= 0.3 is 5.97 Å². The molecule has 1 rings (SSSR count). The summed E-state index contributed by atoms with van der Waals surface area (Å²) >= 11 is 0. The number of carbonyl (C=O) groups excluding carboxylic acids is 2. The highest BCUT2D eigenvalue weighted by Crippen LogP contribution is 2.13. The number of hydrogen-bond donors (Lipinski definition) is 1. The summed E-state index contributed by atoms with van der Waals surface area (Å²) < 4.78 is 4.66. The fourth-order valence-electron chi connectivity index (χ4n) is 1.18. The van der Waals surface area contributed by atoms with Crippen molar-refractivity contribution in [1.82, 2.24) is 0 Å². The smallest absolute Gasteiger partial charge is 0.384 e. The van der Waals surface area contributed by atoms with Gasteiger partial charge in [-0.2, -0.15) is 0 Å². The summed E-state index contributed by atoms with van der Waals surface area (Å²) in [4.78, 5) is 22.1. The lowest BCUT2D eigenvalue weighted by Crippen LogP contribution is -2.00. The molecule has 0 heterocycles. The van der Waals surface area contributed by atoms with Crippen LogP contribution >= 0.6 is 0 Å². The molecule has 0 saturated carbocycles. The van der Waals surface area contributed by atoms with Gasteiger partial charge in [0.1, 0.15) is 0 Å². The summed E-state index contributed by atoms with van der Waals surface area (Å²) in [5.74, 6) is 4.25. The highest BCUT2D eigenvalue weighted by atomic mass is 16.5. The van der Waals surface area contributed by atoms with E-state index in [0.717, 1.165) is 0 Å². The standard InChI is InChI=1S/C13H13NO3/c1-3-17-13(16)7-6-10-4-5-11(9(2)15)8-12(10)14/h4-5,8H,3,14H2,1-2H3. The van der Waals surface area contributed by atoms with Crippen molar-refractivity contribution in [3.05, 3.63) is 29.3 Å². The van der Waals surface area contributed by atoms with E-state index in [9.17, 15) is 9.59 Å². The molecule has 4 nitrogen and oxygen atoms in total. The zero-order chi connectivity index (χ0) is 12.8. The lowest BCUT2D eigenvalue weighted by Gasteiger charge is -2.00. The quantitative estimate of drug-likeness (QED) is 0.361. The molecule has 0 radical (unpaired) electrons. The first kappa shape index (κ1) is 12.8. The highest BCUT2D eigenvalue weighted by molar-refractivity contribution is 5.95. The summed E-state index contributed by atoms with van der Waals surface area (Å²) in [6, 6.07) is 4.77. The Hall–Kier alpha value is -2.28. The fraction of sp³-hybridized carbons (Fsp3) is 0.231. The molecule has 1 aromatic carbocycles. The van der Waals surface area contributed by atoms with E-state index in [2.05, 4.69) is 16.6 Å². The van der Waals surface area contributed by atoms with Crippen molar-refractivity contribution in [1.29, 1.82) is 0 Å². The zero-order valence-corrected chi connectivity index (χ0v) is 9.74. The average Bonchev–Trinajstić information content (AvgIpc) is 2.27. The number of esters is 1. The van der Waals surface area contributed by atoms with Crippen molar-refractivity contribution in [3.63, 3.8) is 0 Å². The van der Waals surface area contributed by atoms with E-state index in [1.807, 2.05) is 0 Å². The van der Waals surface area contributed by atoms with E-state index >= 15 is 0 Å². The number of rotatable bonds is 2. The van der Waals surface area contributed by atoms with E-state index in [-0.39, 0.29) is 12.4 Å². The van der Waals surface area contributed by atoms with Crippen LogP contribution in [0.15, 0.2) is 18.2 Å². The number of ketones is 1. The van der Waals surface area contributed by atoms with Gasteiger partial charge in [0.05, 0.1) is 6.61 Å². The number of carbonyl (C=O) groups is 2. The summed E-state index contributed by atoms with van der Waals surface area (Å²) in [5.41, 5.74) is 7.10. The van der Waals surface area contributed by atoms with E-state index < -0.39 is 5.97 Å². The predicted octanol–water partition coefficient (Wildman–Crippen LogP) is 1.39. The van der Waals surface area contributed by atoms with Gasteiger partial charge < -0.3 is 10.5 Å². The monoisotopic (exact) mass is 231 g/mol. The number of nitrogen functional groups attached to an aromatic ring is 1. The zero-order valence-electron chi connectivity index (χ0n) is 9.74. The molecule has 0 spiro atoms. The predicted molar refractivity (Wildman–Crippen MR) is 64.4 cm³/mol. The minimum Gasteiger partial charge on any atom is -0.456 e. The molecule has 2 N–H and O–H groups in total. The second-order valence-electron chi connectivity index (χ2n) is 3.33. The maximum Gasteiger partial charge on any atom is 0.384 e. The van der Waals surface area contributed by atoms with Gasteiger partial charge in [0.2, 0.25) is 0 Å². The molecule has 4 heteroatoms. The number of ether oxygens (including phenoxy) is 1. The molecule has 0 amide bonds. The van der Waals surface area contributed by atoms with Gasteiger partial charge in [-0.25, -0.2) is 4.79 Å². The molecule has 0 aliphatic carbocycles. The Balaban J connectivity index is 2.93. The van der Waals surface area contributed by atoms with Gasteiger partial charge in [-0.05, 0) is 26.0 Å². The molecule has 0 bridgehead atoms. The van der Waals surface area contributed by atoms with Crippen LogP contribution in [-0.4, -0.2) is 18.4 Å². The van der Waals surface area contributed by atoms with Crippen molar-refractivity contribution in [2.24, 2.45) is 0 Å². The molecule has 1 aromatic rings. The number of anilines is 1. The molecular weight excluding hydrogens is 218 g/mol. The third-order valence-corrected chi connectivity index (χ3v) is 2.03. The minimum atomic E-state index is -0.595. The van der Waals surface area contributed by atoms with Crippen molar-refractivity contribution < 1.29 is 14.3 Å². The molecule has 88 valence electrons. The highest BCUT2D eigenvalue weighted by Gasteiger charge is 2.02. The van der Waals surface area contributed by atoms with Gasteiger partial charge in [-0.15, -0.1) is 0 Å². The SMILES string of the molecule is CCOC(=O)C#Cc1ccc(C(C)=O)cc1N. The van der Waals surface area contributed by atoms with Gasteiger partial charge in [-0.1, -0.05) is 12.0 Å². The molecule has 0 fully saturated rings. The first-order chi connectivity index (χ1) is 8.04. The molecule has 0 saturated heterocycles. The van der Waals surface area contributed by atoms with E-state index in [1.165, 1.54) is 13.0 Å². The second-order valence-corrected chi connectivity index (χ2v) is 3.33. The average molecular weight is 231 g/mol. The molecule has 17 heavy (non-hydrogen) atoms. The van der Waals surface area contributed by atoms with Crippen LogP contribution in [-0.2, 0) is 9.53 Å². The van der Waals surface area contributed by atoms with Gasteiger partial charge in [0.15, 0.2) is 5.78 Å². The Kier molecular flexibility index (Phi) is 4.29. The first-order valence-corrected chi connectivity index (χ1v) is 5.13. The molecule has 0 aromatic heterocycles. The van der Waals surface area contributed by atoms with E-state index in [1.54, 1.807) is 19.1 Å². The summed E-state index contributed by atoms with van der Waals surface area (Å²) in [7, 11) is 0. The first-order valence-electron chi connectivity index (χ1n) is 5.13. The van der Waals surface area contributed by atoms with Crippen molar-refractivity contribution >= 4 is 17.4 Å². The Morgan fingerprint density at radius 3 is 2.65 bits per heavy atom. The Morgan fingerprint density at radius 2 is 2.12 bits per heavy atom. The van der Waals surface area contributed by atoms with Crippen LogP contribution in [0.4, 0.5) is 5.69 Å². The maximum absolute atomic E-state index is 11.1. The Labute approximate surface area is 99.8 Å². The third kappa shape index (κ3) is 3.65. The van der Waals surface area contributed by atoms with Crippen LogP contribution < -0.4 is 5.73 Å². The largest absolute Gasteiger partial charge is 0.456 e. The molecule has 0 aliphatic rings. The van der Waals surface area contributed by atoms with Gasteiger partial charge in [0, 0.05) is 22.7 Å². The van der Waals surface area contributed by atoms with Crippen LogP contribution in [0.3, 0.4) is 0 Å². The van der Waals surface area contributed by atoms with E-state index in [4.69, 9.17) is 5.73 Å². The second kappa shape index (κ2) is 5.71. The third-order valence-electron chi connectivity index (χ3n) is 2.03. The summed E-state index contributed by atoms with van der Waals surface area (Å²) in [6.07, 6.45) is 0. The Bertz CT molecular complexity index is 509. The van der Waals surface area contributed by atoms with Crippen LogP contribution in [0.25, 0.3) is 0 Å². The van der Waals surface area contributed by atoms with Crippen LogP contribution in [0.1, 0.15) is 29.8 Å². The Morgan fingerprint density at radius 1 is 1.41 bits per heavy atom. The van der Waals surface area contributed by atoms with Crippen molar-refractivity contribution in [2.75, 3.05) is 12.3 Å². The minimum absolute atomic E-state index is 0.0680. The van der Waals surface area contributed by atoms with Gasteiger partial charge in [-0.3, -0.25) is 4.79 Å². The van der Waals surface area contributed by atoms with Crippen LogP contribution in [0.2, 0.25) is 0 Å². The summed E-state index contributed by atoms with van der Waals surface area (Å²) in [5, 5.41) is 0. The molecule has 0 unspecified atom stereocenters. The van der Waals surface area contributed by atoms with E-state index in [0.29, 0.717) is 16.8 Å². The lowest BCUT2D eigenvalue weighted by atomic mass is 10.1. The van der Waals surface area contributed by atoms with Crippen LogP contribution in [0.5, 0.6) is 0 Å². The molecule has 0 atom stereocenters. The van der Waals surface area contributed by atoms with Crippen molar-refractivity contribution in [2.45, 2.75) is 13.8 Å². The molecule has 0 aliphatic heterocycles. The lowest BCUT2D eigenvalue weighted by molar-refractivity contribution is -0.136. The normalized spacial score (nSPS) is 9.06. The van der Waals surface area contributed by atoms with Crippen LogP contribution in [0, 0.1) is 11.8 Å². The molecular formula is C13H13NO3. The number of Topliss-reactive ketones (excluding diaryl/α,β-unsaturated/α-hetero) is 1. The number of nitrogens with two attached hydrogens (primary N) is 1.